The van der Waals surface area contributed by atoms with Crippen LogP contribution in [0.2, 0.25) is 0 Å². The highest BCUT2D eigenvalue weighted by molar-refractivity contribution is 7.79. The minimum atomic E-state index is -0.111. The van der Waals surface area contributed by atoms with Crippen molar-refractivity contribution in [1.82, 2.24) is 5.32 Å². The molecule has 0 saturated carbocycles. The van der Waals surface area contributed by atoms with Gasteiger partial charge in [0.2, 0.25) is 0 Å². The van der Waals surface area contributed by atoms with Gasteiger partial charge >= 0.3 is 0 Å². The van der Waals surface area contributed by atoms with Crippen molar-refractivity contribution in [1.29, 1.82) is 0 Å². The zero-order valence-corrected chi connectivity index (χ0v) is 9.32. The zero-order chi connectivity index (χ0) is 10.7. The zero-order valence-electron chi connectivity index (χ0n) is 8.50. The smallest absolute Gasteiger partial charge is 0.127 e. The Morgan fingerprint density at radius 1 is 1.33 bits per heavy atom. The van der Waals surface area contributed by atoms with Gasteiger partial charge in [0, 0.05) is 5.37 Å². The molecular weight excluding hydrogens is 209 g/mol. The summed E-state index contributed by atoms with van der Waals surface area (Å²) >= 11 is 4.93. The number of thiocarbonyl (C=S) groups is 1. The van der Waals surface area contributed by atoms with Crippen molar-refractivity contribution >= 4 is 17.6 Å². The van der Waals surface area contributed by atoms with Crippen LogP contribution in [0.15, 0.2) is 18.2 Å². The lowest BCUT2D eigenvalue weighted by atomic mass is 9.87. The molecule has 0 aliphatic carbocycles. The first-order valence-corrected chi connectivity index (χ1v) is 5.74. The molecule has 1 aliphatic heterocycles. The van der Waals surface area contributed by atoms with Crippen molar-refractivity contribution in [3.05, 3.63) is 35.1 Å². The first-order chi connectivity index (χ1) is 7.33. The first kappa shape index (κ1) is 10.7. The second-order valence-corrected chi connectivity index (χ2v) is 4.12. The van der Waals surface area contributed by atoms with E-state index in [-0.39, 0.29) is 5.82 Å². The molecule has 1 N–H and O–H groups in total. The molecule has 2 rings (SSSR count). The molecule has 3 heteroatoms. The minimum Gasteiger partial charge on any atom is -0.317 e. The highest BCUT2D eigenvalue weighted by atomic mass is 32.1. The van der Waals surface area contributed by atoms with E-state index < -0.39 is 0 Å². The molecule has 0 spiro atoms. The maximum atomic E-state index is 13.7. The summed E-state index contributed by atoms with van der Waals surface area (Å²) < 4.78 is 13.7. The van der Waals surface area contributed by atoms with Gasteiger partial charge in [-0.2, -0.15) is 0 Å². The van der Waals surface area contributed by atoms with Gasteiger partial charge in [0.15, 0.2) is 0 Å². The van der Waals surface area contributed by atoms with E-state index in [2.05, 4.69) is 5.32 Å². The van der Waals surface area contributed by atoms with E-state index in [4.69, 9.17) is 12.2 Å². The van der Waals surface area contributed by atoms with Crippen LogP contribution >= 0.6 is 12.2 Å². The highest BCUT2D eigenvalue weighted by Crippen LogP contribution is 2.29. The van der Waals surface area contributed by atoms with E-state index in [1.807, 2.05) is 6.07 Å². The summed E-state index contributed by atoms with van der Waals surface area (Å²) in [6.45, 7) is 1.94. The predicted molar refractivity (Wildman–Crippen MR) is 64.0 cm³/mol. The van der Waals surface area contributed by atoms with Crippen LogP contribution in [0.5, 0.6) is 0 Å². The molecule has 1 aliphatic rings. The van der Waals surface area contributed by atoms with Crippen LogP contribution in [0.3, 0.4) is 0 Å². The van der Waals surface area contributed by atoms with Crippen molar-refractivity contribution in [3.63, 3.8) is 0 Å². The fourth-order valence-electron chi connectivity index (χ4n) is 2.20. The van der Waals surface area contributed by atoms with Gasteiger partial charge < -0.3 is 5.32 Å². The average Bonchev–Trinajstić information content (AvgIpc) is 2.29. The lowest BCUT2D eigenvalue weighted by Gasteiger charge is -2.24. The second-order valence-electron chi connectivity index (χ2n) is 3.88. The number of benzene rings is 1. The Balaban J connectivity index is 2.35. The van der Waals surface area contributed by atoms with Gasteiger partial charge in [0.05, 0.1) is 0 Å². The van der Waals surface area contributed by atoms with Gasteiger partial charge in [-0.3, -0.25) is 0 Å². The lowest BCUT2D eigenvalue weighted by molar-refractivity contribution is 0.445. The monoisotopic (exact) mass is 223 g/mol. The maximum Gasteiger partial charge on any atom is 0.127 e. The Morgan fingerprint density at radius 2 is 2.07 bits per heavy atom. The van der Waals surface area contributed by atoms with Crippen molar-refractivity contribution in [2.45, 2.75) is 18.8 Å². The molecule has 0 bridgehead atoms. The minimum absolute atomic E-state index is 0.111. The van der Waals surface area contributed by atoms with Crippen LogP contribution < -0.4 is 5.32 Å². The number of rotatable bonds is 2. The molecular formula is C12H14FNS. The number of hydrogen-bond acceptors (Lipinski definition) is 2. The average molecular weight is 223 g/mol. The molecule has 0 aromatic heterocycles. The van der Waals surface area contributed by atoms with Gasteiger partial charge in [0.1, 0.15) is 5.82 Å². The summed E-state index contributed by atoms with van der Waals surface area (Å²) in [5.41, 5.74) is 1.69. The van der Waals surface area contributed by atoms with Gasteiger partial charge in [-0.15, -0.1) is 0 Å². The Kier molecular flexibility index (Phi) is 3.44. The fraction of sp³-hybridized carbons (Fsp3) is 0.417. The van der Waals surface area contributed by atoms with Gasteiger partial charge in [-0.25, -0.2) is 4.39 Å². The first-order valence-electron chi connectivity index (χ1n) is 5.27. The highest BCUT2D eigenvalue weighted by Gasteiger charge is 2.20. The molecule has 0 radical (unpaired) electrons. The van der Waals surface area contributed by atoms with E-state index in [0.29, 0.717) is 5.92 Å². The van der Waals surface area contributed by atoms with Crippen LogP contribution in [0, 0.1) is 5.82 Å². The van der Waals surface area contributed by atoms with E-state index in [9.17, 15) is 4.39 Å². The summed E-state index contributed by atoms with van der Waals surface area (Å²) in [5, 5.41) is 4.87. The summed E-state index contributed by atoms with van der Waals surface area (Å²) in [7, 11) is 0. The molecule has 15 heavy (non-hydrogen) atoms. The van der Waals surface area contributed by atoms with Crippen molar-refractivity contribution in [2.24, 2.45) is 0 Å². The Labute approximate surface area is 94.7 Å². The van der Waals surface area contributed by atoms with E-state index in [1.54, 1.807) is 11.4 Å². The second kappa shape index (κ2) is 4.81. The summed E-state index contributed by atoms with van der Waals surface area (Å²) in [4.78, 5) is 0. The fourth-order valence-corrected chi connectivity index (χ4v) is 2.40. The van der Waals surface area contributed by atoms with Crippen molar-refractivity contribution in [3.8, 4) is 0 Å². The number of halogens is 1. The topological polar surface area (TPSA) is 12.0 Å². The molecule has 1 aromatic carbocycles. The van der Waals surface area contributed by atoms with Crippen LogP contribution in [0.4, 0.5) is 4.39 Å². The molecule has 1 fully saturated rings. The Bertz CT molecular complexity index is 359. The lowest BCUT2D eigenvalue weighted by Crippen LogP contribution is -2.27. The van der Waals surface area contributed by atoms with Crippen LogP contribution in [-0.2, 0) is 0 Å². The maximum absolute atomic E-state index is 13.7. The van der Waals surface area contributed by atoms with Crippen molar-refractivity contribution < 1.29 is 4.39 Å². The number of hydrogen-bond donors (Lipinski definition) is 1. The SMILES string of the molecule is Fc1cccc(C=S)c1C1CCNCC1. The van der Waals surface area contributed by atoms with Crippen LogP contribution in [0.1, 0.15) is 29.9 Å². The van der Waals surface area contributed by atoms with Crippen LogP contribution in [-0.4, -0.2) is 18.5 Å². The van der Waals surface area contributed by atoms with Crippen molar-refractivity contribution in [2.75, 3.05) is 13.1 Å². The standard InChI is InChI=1S/C12H14FNS/c13-11-3-1-2-10(8-15)12(11)9-4-6-14-7-5-9/h1-3,8-9,14H,4-7H2. The molecule has 1 aromatic rings. The van der Waals surface area contributed by atoms with E-state index in [1.165, 1.54) is 6.07 Å². The molecule has 0 atom stereocenters. The largest absolute Gasteiger partial charge is 0.317 e. The van der Waals surface area contributed by atoms with Gasteiger partial charge in [-0.05, 0) is 49.0 Å². The third-order valence-electron chi connectivity index (χ3n) is 2.96. The third kappa shape index (κ3) is 2.24. The Morgan fingerprint density at radius 3 is 2.73 bits per heavy atom. The number of nitrogens with one attached hydrogen (secondary N) is 1. The Hall–Kier alpha value is -0.800. The number of piperidine rings is 1. The summed E-state index contributed by atoms with van der Waals surface area (Å²) in [6, 6.07) is 5.14. The van der Waals surface area contributed by atoms with E-state index >= 15 is 0 Å². The molecule has 80 valence electrons. The summed E-state index contributed by atoms with van der Waals surface area (Å²) in [5.74, 6) is 0.210. The van der Waals surface area contributed by atoms with Crippen LogP contribution in [0.25, 0.3) is 0 Å². The quantitative estimate of drug-likeness (QED) is 0.774. The molecule has 1 nitrogen and oxygen atoms in total. The molecule has 0 amide bonds. The van der Waals surface area contributed by atoms with Gasteiger partial charge in [0.25, 0.3) is 0 Å². The molecule has 1 heterocycles. The third-order valence-corrected chi connectivity index (χ3v) is 3.21. The summed E-state index contributed by atoms with van der Waals surface area (Å²) in [6.07, 6.45) is 1.99. The molecule has 0 unspecified atom stereocenters. The normalized spacial score (nSPS) is 17.7. The van der Waals surface area contributed by atoms with Gasteiger partial charge in [-0.1, -0.05) is 24.4 Å². The van der Waals surface area contributed by atoms with E-state index in [0.717, 1.165) is 37.1 Å². The predicted octanol–water partition coefficient (Wildman–Crippen LogP) is 2.64. The molecule has 1 saturated heterocycles.